The quantitative estimate of drug-likeness (QED) is 0.557. The van der Waals surface area contributed by atoms with Gasteiger partial charge >= 0.3 is 0 Å². The summed E-state index contributed by atoms with van der Waals surface area (Å²) in [5.41, 5.74) is 0. The Morgan fingerprint density at radius 1 is 0.667 bits per heavy atom. The van der Waals surface area contributed by atoms with Gasteiger partial charge in [-0.3, -0.25) is 0 Å². The second kappa shape index (κ2) is 5.80. The zero-order chi connectivity index (χ0) is 12.4. The molecule has 3 aliphatic carbocycles. The summed E-state index contributed by atoms with van der Waals surface area (Å²) in [7, 11) is 0. The standard InChI is InChI=1S/C18H30/c1-2-7-14-12-13-17(15-8-3-4-9-15)18-11-6-5-10-16(14)18/h2,7,14-18H,3-6,8-13H2,1H3/b7-2-. The summed E-state index contributed by atoms with van der Waals surface area (Å²) in [5.74, 6) is 5.30. The van der Waals surface area contributed by atoms with Gasteiger partial charge in [-0.1, -0.05) is 50.7 Å². The van der Waals surface area contributed by atoms with Crippen LogP contribution in [0.1, 0.15) is 71.1 Å². The van der Waals surface area contributed by atoms with Gasteiger partial charge in [-0.25, -0.2) is 0 Å². The lowest BCUT2D eigenvalue weighted by Crippen LogP contribution is -2.39. The van der Waals surface area contributed by atoms with Gasteiger partial charge < -0.3 is 0 Å². The highest BCUT2D eigenvalue weighted by molar-refractivity contribution is 4.99. The van der Waals surface area contributed by atoms with E-state index in [0.717, 1.165) is 29.6 Å². The van der Waals surface area contributed by atoms with E-state index < -0.39 is 0 Å². The Kier molecular flexibility index (Phi) is 4.11. The molecule has 0 N–H and O–H groups in total. The molecule has 102 valence electrons. The molecule has 0 bridgehead atoms. The third kappa shape index (κ3) is 2.40. The SMILES string of the molecule is C/C=C\C1CCC(C2CCCC2)C2CCCCC12. The van der Waals surface area contributed by atoms with E-state index in [-0.39, 0.29) is 0 Å². The molecule has 3 rings (SSSR count). The summed E-state index contributed by atoms with van der Waals surface area (Å²) in [4.78, 5) is 0. The first-order chi connectivity index (χ1) is 8.90. The van der Waals surface area contributed by atoms with Gasteiger partial charge in [-0.2, -0.15) is 0 Å². The van der Waals surface area contributed by atoms with Crippen molar-refractivity contribution in [3.63, 3.8) is 0 Å². The van der Waals surface area contributed by atoms with Crippen LogP contribution in [0.3, 0.4) is 0 Å². The van der Waals surface area contributed by atoms with Crippen molar-refractivity contribution in [2.24, 2.45) is 29.6 Å². The average Bonchev–Trinajstić information content (AvgIpc) is 2.93. The number of rotatable bonds is 2. The molecule has 0 aromatic carbocycles. The lowest BCUT2D eigenvalue weighted by atomic mass is 9.58. The van der Waals surface area contributed by atoms with Crippen molar-refractivity contribution in [2.75, 3.05) is 0 Å². The normalized spacial score (nSPS) is 42.3. The van der Waals surface area contributed by atoms with Gasteiger partial charge in [0.1, 0.15) is 0 Å². The third-order valence-electron chi connectivity index (χ3n) is 6.25. The molecule has 3 fully saturated rings. The molecule has 0 heteroatoms. The molecule has 0 aromatic heterocycles. The predicted molar refractivity (Wildman–Crippen MR) is 78.4 cm³/mol. The van der Waals surface area contributed by atoms with Crippen molar-refractivity contribution in [2.45, 2.75) is 71.1 Å². The zero-order valence-corrected chi connectivity index (χ0v) is 12.1. The maximum atomic E-state index is 2.54. The minimum absolute atomic E-state index is 0.929. The van der Waals surface area contributed by atoms with Gasteiger partial charge in [0.05, 0.1) is 0 Å². The number of hydrogen-bond donors (Lipinski definition) is 0. The summed E-state index contributed by atoms with van der Waals surface area (Å²) in [6, 6.07) is 0. The van der Waals surface area contributed by atoms with Crippen molar-refractivity contribution in [1.29, 1.82) is 0 Å². The van der Waals surface area contributed by atoms with Crippen molar-refractivity contribution >= 4 is 0 Å². The molecule has 0 aromatic rings. The third-order valence-corrected chi connectivity index (χ3v) is 6.25. The fourth-order valence-electron chi connectivity index (χ4n) is 5.52. The minimum Gasteiger partial charge on any atom is -0.0914 e. The first-order valence-electron chi connectivity index (χ1n) is 8.53. The fourth-order valence-corrected chi connectivity index (χ4v) is 5.52. The molecule has 18 heavy (non-hydrogen) atoms. The van der Waals surface area contributed by atoms with Gasteiger partial charge in [0.25, 0.3) is 0 Å². The van der Waals surface area contributed by atoms with Gasteiger partial charge in [-0.05, 0) is 62.2 Å². The molecule has 3 saturated carbocycles. The van der Waals surface area contributed by atoms with E-state index in [0.29, 0.717) is 0 Å². The van der Waals surface area contributed by atoms with Crippen molar-refractivity contribution in [1.82, 2.24) is 0 Å². The van der Waals surface area contributed by atoms with Crippen LogP contribution in [-0.4, -0.2) is 0 Å². The second-order valence-corrected chi connectivity index (χ2v) is 7.09. The molecule has 4 atom stereocenters. The van der Waals surface area contributed by atoms with Crippen LogP contribution in [0.2, 0.25) is 0 Å². The van der Waals surface area contributed by atoms with Crippen molar-refractivity contribution in [3.8, 4) is 0 Å². The summed E-state index contributed by atoms with van der Waals surface area (Å²) < 4.78 is 0. The summed E-state index contributed by atoms with van der Waals surface area (Å²) in [5, 5.41) is 0. The van der Waals surface area contributed by atoms with Crippen LogP contribution in [0.4, 0.5) is 0 Å². The van der Waals surface area contributed by atoms with E-state index in [4.69, 9.17) is 0 Å². The molecule has 0 saturated heterocycles. The molecule has 4 unspecified atom stereocenters. The molecule has 0 radical (unpaired) electrons. The Bertz CT molecular complexity index is 284. The van der Waals surface area contributed by atoms with E-state index >= 15 is 0 Å². The minimum atomic E-state index is 0.929. The lowest BCUT2D eigenvalue weighted by molar-refractivity contribution is 0.0384. The zero-order valence-electron chi connectivity index (χ0n) is 12.1. The number of fused-ring (bicyclic) bond motifs is 1. The Hall–Kier alpha value is -0.260. The molecule has 3 aliphatic rings. The predicted octanol–water partition coefficient (Wildman–Crippen LogP) is 5.59. The first kappa shape index (κ1) is 12.8. The van der Waals surface area contributed by atoms with Crippen LogP contribution in [0.15, 0.2) is 12.2 Å². The Morgan fingerprint density at radius 3 is 2.06 bits per heavy atom. The number of allylic oxidation sites excluding steroid dienone is 2. The fraction of sp³-hybridized carbons (Fsp3) is 0.889. The average molecular weight is 246 g/mol. The van der Waals surface area contributed by atoms with Gasteiger partial charge in [-0.15, -0.1) is 0 Å². The van der Waals surface area contributed by atoms with E-state index in [1.54, 1.807) is 25.7 Å². The highest BCUT2D eigenvalue weighted by atomic mass is 14.5. The maximum absolute atomic E-state index is 2.54. The van der Waals surface area contributed by atoms with Gasteiger partial charge in [0.2, 0.25) is 0 Å². The largest absolute Gasteiger partial charge is 0.0914 e. The monoisotopic (exact) mass is 246 g/mol. The topological polar surface area (TPSA) is 0 Å². The Labute approximate surface area is 113 Å². The van der Waals surface area contributed by atoms with Crippen LogP contribution in [0, 0.1) is 29.6 Å². The summed E-state index contributed by atoms with van der Waals surface area (Å²) in [6.45, 7) is 2.21. The molecule has 0 spiro atoms. The van der Waals surface area contributed by atoms with E-state index in [2.05, 4.69) is 19.1 Å². The van der Waals surface area contributed by atoms with Crippen LogP contribution in [-0.2, 0) is 0 Å². The highest BCUT2D eigenvalue weighted by Gasteiger charge is 2.42. The van der Waals surface area contributed by atoms with Crippen LogP contribution in [0.25, 0.3) is 0 Å². The van der Waals surface area contributed by atoms with E-state index in [9.17, 15) is 0 Å². The molecular weight excluding hydrogens is 216 g/mol. The summed E-state index contributed by atoms with van der Waals surface area (Å²) in [6.07, 6.45) is 20.2. The first-order valence-corrected chi connectivity index (χ1v) is 8.53. The van der Waals surface area contributed by atoms with E-state index in [1.165, 1.54) is 38.5 Å². The molecule has 0 aliphatic heterocycles. The smallest absolute Gasteiger partial charge is 0.0202 e. The molecule has 0 heterocycles. The molecular formula is C18H30. The highest BCUT2D eigenvalue weighted by Crippen LogP contribution is 2.52. The van der Waals surface area contributed by atoms with Crippen molar-refractivity contribution in [3.05, 3.63) is 12.2 Å². The maximum Gasteiger partial charge on any atom is -0.0202 e. The van der Waals surface area contributed by atoms with Gasteiger partial charge in [0, 0.05) is 0 Å². The molecule has 0 nitrogen and oxygen atoms in total. The second-order valence-electron chi connectivity index (χ2n) is 7.09. The Balaban J connectivity index is 1.74. The Morgan fingerprint density at radius 2 is 1.33 bits per heavy atom. The van der Waals surface area contributed by atoms with Crippen LogP contribution in [0.5, 0.6) is 0 Å². The van der Waals surface area contributed by atoms with Crippen LogP contribution < -0.4 is 0 Å². The van der Waals surface area contributed by atoms with Crippen LogP contribution >= 0.6 is 0 Å². The summed E-state index contributed by atoms with van der Waals surface area (Å²) >= 11 is 0. The van der Waals surface area contributed by atoms with Crippen molar-refractivity contribution < 1.29 is 0 Å². The van der Waals surface area contributed by atoms with E-state index in [1.807, 2.05) is 0 Å². The lowest BCUT2D eigenvalue weighted by Gasteiger charge is -2.47. The molecule has 0 amide bonds. The number of hydrogen-bond acceptors (Lipinski definition) is 0. The van der Waals surface area contributed by atoms with Gasteiger partial charge in [0.15, 0.2) is 0 Å².